The van der Waals surface area contributed by atoms with E-state index in [0.29, 0.717) is 43.5 Å². The fourth-order valence-corrected chi connectivity index (χ4v) is 6.20. The quantitative estimate of drug-likeness (QED) is 0.0816. The van der Waals surface area contributed by atoms with E-state index in [1.807, 2.05) is 41.5 Å². The summed E-state index contributed by atoms with van der Waals surface area (Å²) in [6, 6.07) is 3.88. The normalized spacial score (nSPS) is 15.1. The molecule has 1 saturated heterocycles. The van der Waals surface area contributed by atoms with Gasteiger partial charge in [-0.05, 0) is 60.1 Å². The van der Waals surface area contributed by atoms with Crippen molar-refractivity contribution in [2.75, 3.05) is 52.2 Å². The SMILES string of the molecule is CC(C)[C@H](NC(=O)CCCCCN1C(=O)CC(C(C)(C)C)C1=O)C(=O)N[C@@H](CCCNC(N)=O)C(=O)Nc1ccc(COC(=O)N(C)CCN(C)C(=O)OCC(C)(C)C)cc1. The number of anilines is 1. The second kappa shape index (κ2) is 24.1. The Morgan fingerprint density at radius 2 is 1.44 bits per heavy atom. The lowest BCUT2D eigenvalue weighted by atomic mass is 9.80. The Hall–Kier alpha value is -5.42. The van der Waals surface area contributed by atoms with Crippen LogP contribution in [0.3, 0.4) is 0 Å². The van der Waals surface area contributed by atoms with E-state index in [-0.39, 0.29) is 92.5 Å². The number of carbonyl (C=O) groups excluding carboxylic acids is 8. The zero-order valence-electron chi connectivity index (χ0n) is 37.8. The van der Waals surface area contributed by atoms with Gasteiger partial charge in [0.15, 0.2) is 0 Å². The van der Waals surface area contributed by atoms with Gasteiger partial charge in [0.25, 0.3) is 0 Å². The molecule has 0 aromatic heterocycles. The molecule has 1 aromatic rings. The number of imide groups is 1. The topological polar surface area (TPSA) is 239 Å². The second-order valence-corrected chi connectivity index (χ2v) is 18.3. The van der Waals surface area contributed by atoms with Gasteiger partial charge in [0.1, 0.15) is 18.7 Å². The molecule has 18 heteroatoms. The Balaban J connectivity index is 1.92. The first-order valence-corrected chi connectivity index (χ1v) is 21.0. The van der Waals surface area contributed by atoms with Gasteiger partial charge in [0.05, 0.1) is 12.5 Å². The van der Waals surface area contributed by atoms with Crippen molar-refractivity contribution in [2.45, 2.75) is 119 Å². The molecule has 1 heterocycles. The van der Waals surface area contributed by atoms with Crippen LogP contribution in [-0.4, -0.2) is 121 Å². The van der Waals surface area contributed by atoms with E-state index < -0.39 is 42.1 Å². The fraction of sp³-hybridized carbons (Fsp3) is 0.674. The molecule has 1 aliphatic heterocycles. The summed E-state index contributed by atoms with van der Waals surface area (Å²) in [6.07, 6.45) is 1.37. The lowest BCUT2D eigenvalue weighted by Gasteiger charge is -2.25. The minimum Gasteiger partial charge on any atom is -0.449 e. The predicted molar refractivity (Wildman–Crippen MR) is 230 cm³/mol. The molecule has 2 rings (SSSR count). The highest BCUT2D eigenvalue weighted by molar-refractivity contribution is 6.04. The molecule has 18 nitrogen and oxygen atoms in total. The number of hydrogen-bond donors (Lipinski definition) is 5. The predicted octanol–water partition coefficient (Wildman–Crippen LogP) is 4.36. The van der Waals surface area contributed by atoms with Crippen LogP contribution in [0.1, 0.15) is 106 Å². The number of unbranched alkanes of at least 4 members (excludes halogenated alkanes) is 2. The summed E-state index contributed by atoms with van der Waals surface area (Å²) in [7, 11) is 3.15. The van der Waals surface area contributed by atoms with Crippen molar-refractivity contribution in [2.24, 2.45) is 28.4 Å². The molecule has 1 unspecified atom stereocenters. The summed E-state index contributed by atoms with van der Waals surface area (Å²) >= 11 is 0. The van der Waals surface area contributed by atoms with E-state index in [9.17, 15) is 38.4 Å². The van der Waals surface area contributed by atoms with E-state index >= 15 is 0 Å². The van der Waals surface area contributed by atoms with Crippen molar-refractivity contribution in [1.82, 2.24) is 30.7 Å². The lowest BCUT2D eigenvalue weighted by Crippen LogP contribution is -2.54. The van der Waals surface area contributed by atoms with Crippen molar-refractivity contribution < 1.29 is 47.8 Å². The third kappa shape index (κ3) is 18.8. The minimum atomic E-state index is -1.04. The molecule has 342 valence electrons. The average Bonchev–Trinajstić information content (AvgIpc) is 3.47. The standard InChI is InChI=1S/C43H70N8O10/c1-28(2)35(48-33(52)16-12-11-13-22-51-34(53)25-31(38(51)56)43(6,7)8)37(55)47-32(15-14-21-45-39(44)57)36(54)46-30-19-17-29(18-20-30)26-60-40(58)49(9)23-24-50(10)41(59)61-27-42(3,4)5/h17-20,28,31-32,35H,11-16,21-27H2,1-10H3,(H,46,54)(H,47,55)(H,48,52)(H3,44,45,57)/t31?,32-,35-/m0/s1. The molecule has 3 atom stereocenters. The summed E-state index contributed by atoms with van der Waals surface area (Å²) < 4.78 is 10.7. The smallest absolute Gasteiger partial charge is 0.409 e. The first kappa shape index (κ1) is 51.7. The first-order chi connectivity index (χ1) is 28.4. The Kier molecular flexibility index (Phi) is 20.5. The maximum absolute atomic E-state index is 13.6. The fourth-order valence-electron chi connectivity index (χ4n) is 6.20. The average molecular weight is 859 g/mol. The molecule has 61 heavy (non-hydrogen) atoms. The number of ether oxygens (including phenoxy) is 2. The Labute approximate surface area is 360 Å². The highest BCUT2D eigenvalue weighted by Crippen LogP contribution is 2.35. The molecule has 1 aromatic carbocycles. The number of nitrogens with zero attached hydrogens (tertiary/aromatic N) is 3. The number of carbonyl (C=O) groups is 8. The molecule has 0 bridgehead atoms. The van der Waals surface area contributed by atoms with E-state index in [0.717, 1.165) is 0 Å². The van der Waals surface area contributed by atoms with Crippen molar-refractivity contribution in [1.29, 1.82) is 0 Å². The summed E-state index contributed by atoms with van der Waals surface area (Å²) in [5.74, 6) is -2.41. The molecule has 9 amide bonds. The van der Waals surface area contributed by atoms with Crippen LogP contribution >= 0.6 is 0 Å². The molecule has 6 N–H and O–H groups in total. The minimum absolute atomic E-state index is 0.0482. The summed E-state index contributed by atoms with van der Waals surface area (Å²) in [4.78, 5) is 105. The molecule has 0 aliphatic carbocycles. The van der Waals surface area contributed by atoms with Crippen LogP contribution < -0.4 is 27.0 Å². The Bertz CT molecular complexity index is 1670. The molecular weight excluding hydrogens is 789 g/mol. The zero-order chi connectivity index (χ0) is 46.1. The maximum atomic E-state index is 13.6. The van der Waals surface area contributed by atoms with E-state index in [2.05, 4.69) is 21.3 Å². The number of likely N-dealkylation sites (tertiary alicyclic amines) is 1. The Morgan fingerprint density at radius 3 is 1.98 bits per heavy atom. The van der Waals surface area contributed by atoms with Gasteiger partial charge in [-0.25, -0.2) is 14.4 Å². The van der Waals surface area contributed by atoms with Crippen molar-refractivity contribution in [3.63, 3.8) is 0 Å². The van der Waals surface area contributed by atoms with Gasteiger partial charge < -0.3 is 46.3 Å². The largest absolute Gasteiger partial charge is 0.449 e. The van der Waals surface area contributed by atoms with Gasteiger partial charge in [0, 0.05) is 58.8 Å². The van der Waals surface area contributed by atoms with Crippen LogP contribution in [0.4, 0.5) is 20.1 Å². The number of primary amides is 1. The van der Waals surface area contributed by atoms with Crippen molar-refractivity contribution in [3.05, 3.63) is 29.8 Å². The van der Waals surface area contributed by atoms with Gasteiger partial charge in [0.2, 0.25) is 29.5 Å². The van der Waals surface area contributed by atoms with Gasteiger partial charge in [-0.3, -0.25) is 28.9 Å². The zero-order valence-corrected chi connectivity index (χ0v) is 37.8. The number of urea groups is 1. The monoisotopic (exact) mass is 859 g/mol. The van der Waals surface area contributed by atoms with E-state index in [4.69, 9.17) is 15.2 Å². The highest BCUT2D eigenvalue weighted by atomic mass is 16.6. The van der Waals surface area contributed by atoms with E-state index in [1.165, 1.54) is 14.7 Å². The molecular formula is C43H70N8O10. The number of amides is 9. The third-order valence-electron chi connectivity index (χ3n) is 10.0. The molecule has 0 spiro atoms. The van der Waals surface area contributed by atoms with Crippen LogP contribution in [0.25, 0.3) is 0 Å². The lowest BCUT2D eigenvalue weighted by molar-refractivity contribution is -0.140. The number of rotatable bonds is 22. The third-order valence-corrected chi connectivity index (χ3v) is 10.0. The number of likely N-dealkylation sites (N-methyl/N-ethyl adjacent to an activating group) is 2. The number of nitrogens with two attached hydrogens (primary N) is 1. The van der Waals surface area contributed by atoms with Crippen LogP contribution in [0, 0.1) is 22.7 Å². The van der Waals surface area contributed by atoms with Crippen molar-refractivity contribution in [3.8, 4) is 0 Å². The van der Waals surface area contributed by atoms with Gasteiger partial charge in [-0.2, -0.15) is 0 Å². The number of hydrogen-bond acceptors (Lipinski definition) is 10. The summed E-state index contributed by atoms with van der Waals surface area (Å²) in [6.45, 7) is 16.4. The van der Waals surface area contributed by atoms with Crippen LogP contribution in [0.5, 0.6) is 0 Å². The maximum Gasteiger partial charge on any atom is 0.409 e. The van der Waals surface area contributed by atoms with Crippen LogP contribution in [0.2, 0.25) is 0 Å². The summed E-state index contributed by atoms with van der Waals surface area (Å²) in [5.41, 5.74) is 5.77. The number of nitrogens with one attached hydrogen (secondary N) is 4. The van der Waals surface area contributed by atoms with Gasteiger partial charge in [-0.1, -0.05) is 73.9 Å². The van der Waals surface area contributed by atoms with E-state index in [1.54, 1.807) is 52.2 Å². The van der Waals surface area contributed by atoms with Crippen LogP contribution in [0.15, 0.2) is 24.3 Å². The molecule has 0 radical (unpaired) electrons. The van der Waals surface area contributed by atoms with Gasteiger partial charge in [-0.15, -0.1) is 0 Å². The highest BCUT2D eigenvalue weighted by Gasteiger charge is 2.44. The second-order valence-electron chi connectivity index (χ2n) is 18.3. The van der Waals surface area contributed by atoms with Crippen LogP contribution in [-0.2, 0) is 40.1 Å². The first-order valence-electron chi connectivity index (χ1n) is 21.0. The molecule has 1 fully saturated rings. The number of benzene rings is 1. The molecule has 0 saturated carbocycles. The summed E-state index contributed by atoms with van der Waals surface area (Å²) in [5, 5.41) is 10.8. The molecule has 1 aliphatic rings. The van der Waals surface area contributed by atoms with Crippen molar-refractivity contribution >= 4 is 53.4 Å². The van der Waals surface area contributed by atoms with Gasteiger partial charge >= 0.3 is 18.2 Å². The Morgan fingerprint density at radius 1 is 0.836 bits per heavy atom.